The molecule has 10 nitrogen and oxygen atoms in total. The Labute approximate surface area is 128 Å². The van der Waals surface area contributed by atoms with Crippen LogP contribution in [-0.4, -0.2) is 30.6 Å². The summed E-state index contributed by atoms with van der Waals surface area (Å²) < 4.78 is 9.71. The van der Waals surface area contributed by atoms with Gasteiger partial charge in [0.25, 0.3) is 22.8 Å². The Balaban J connectivity index is 2.60. The van der Waals surface area contributed by atoms with Crippen molar-refractivity contribution < 1.29 is 39.5 Å². The summed E-state index contributed by atoms with van der Waals surface area (Å²) in [6, 6.07) is 0. The van der Waals surface area contributed by atoms with Crippen molar-refractivity contribution in [3.63, 3.8) is 0 Å². The zero-order valence-corrected chi connectivity index (χ0v) is 11.3. The number of rotatable bonds is 0. The van der Waals surface area contributed by atoms with E-state index in [2.05, 4.69) is 0 Å². The van der Waals surface area contributed by atoms with Crippen molar-refractivity contribution in [1.82, 2.24) is 0 Å². The summed E-state index contributed by atoms with van der Waals surface area (Å²) in [6.45, 7) is 0. The largest absolute Gasteiger partial charge is 0.504 e. The molecule has 122 valence electrons. The zero-order valence-electron chi connectivity index (χ0n) is 11.3. The SMILES string of the molecule is O=c1c(O)c(O)c2c(O)oc3c(=O)c(O)c(O)c4c(O)oc1c2c43. The van der Waals surface area contributed by atoms with E-state index in [1.807, 2.05) is 0 Å². The number of hydrogen-bond donors (Lipinski definition) is 6. The van der Waals surface area contributed by atoms with E-state index in [1.54, 1.807) is 0 Å². The molecule has 0 amide bonds. The third kappa shape index (κ3) is 1.30. The fraction of sp³-hybridized carbons (Fsp3) is 0. The molecule has 0 unspecified atom stereocenters. The minimum absolute atomic E-state index is 0.380. The van der Waals surface area contributed by atoms with Crippen LogP contribution in [0.15, 0.2) is 18.4 Å². The minimum Gasteiger partial charge on any atom is -0.504 e. The van der Waals surface area contributed by atoms with E-state index in [4.69, 9.17) is 8.83 Å². The van der Waals surface area contributed by atoms with Crippen LogP contribution in [0.3, 0.4) is 0 Å². The molecule has 24 heavy (non-hydrogen) atoms. The molecule has 2 aromatic carbocycles. The van der Waals surface area contributed by atoms with Crippen molar-refractivity contribution in [2.75, 3.05) is 0 Å². The maximum Gasteiger partial charge on any atom is 0.294 e. The van der Waals surface area contributed by atoms with Gasteiger partial charge < -0.3 is 39.5 Å². The highest BCUT2D eigenvalue weighted by Crippen LogP contribution is 2.49. The number of benzene rings is 2. The van der Waals surface area contributed by atoms with Crippen LogP contribution in [-0.2, 0) is 0 Å². The summed E-state index contributed by atoms with van der Waals surface area (Å²) in [6.07, 6.45) is 0. The molecule has 6 N–H and O–H groups in total. The average molecular weight is 334 g/mol. The van der Waals surface area contributed by atoms with Crippen molar-refractivity contribution in [2.24, 2.45) is 0 Å². The van der Waals surface area contributed by atoms with E-state index in [1.165, 1.54) is 0 Å². The Kier molecular flexibility index (Phi) is 2.26. The van der Waals surface area contributed by atoms with Gasteiger partial charge >= 0.3 is 0 Å². The lowest BCUT2D eigenvalue weighted by molar-refractivity contribution is 0.332. The Morgan fingerprint density at radius 2 is 0.833 bits per heavy atom. The van der Waals surface area contributed by atoms with Gasteiger partial charge in [-0.05, 0) is 0 Å². The van der Waals surface area contributed by atoms with Gasteiger partial charge in [0, 0.05) is 0 Å². The molecule has 0 bridgehead atoms. The summed E-state index contributed by atoms with van der Waals surface area (Å²) >= 11 is 0. The lowest BCUT2D eigenvalue weighted by Gasteiger charge is -2.13. The quantitative estimate of drug-likeness (QED) is 0.198. The highest BCUT2D eigenvalue weighted by molar-refractivity contribution is 6.24. The van der Waals surface area contributed by atoms with Crippen molar-refractivity contribution in [3.8, 4) is 34.9 Å². The van der Waals surface area contributed by atoms with Gasteiger partial charge in [-0.25, -0.2) is 0 Å². The normalized spacial score (nSPS) is 11.8. The molecule has 2 aromatic heterocycles. The van der Waals surface area contributed by atoms with Crippen molar-refractivity contribution in [3.05, 3.63) is 20.4 Å². The molecule has 4 aromatic rings. The third-order valence-electron chi connectivity index (χ3n) is 3.79. The van der Waals surface area contributed by atoms with Gasteiger partial charge in [-0.2, -0.15) is 0 Å². The highest BCUT2D eigenvalue weighted by Gasteiger charge is 2.30. The fourth-order valence-electron chi connectivity index (χ4n) is 2.74. The fourth-order valence-corrected chi connectivity index (χ4v) is 2.74. The molecule has 0 saturated heterocycles. The molecule has 0 atom stereocenters. The molecular weight excluding hydrogens is 328 g/mol. The van der Waals surface area contributed by atoms with Crippen LogP contribution in [0.4, 0.5) is 0 Å². The maximum atomic E-state index is 12.0. The van der Waals surface area contributed by atoms with Gasteiger partial charge in [-0.1, -0.05) is 0 Å². The third-order valence-corrected chi connectivity index (χ3v) is 3.79. The van der Waals surface area contributed by atoms with Gasteiger partial charge in [0.15, 0.2) is 22.7 Å². The molecule has 0 fully saturated rings. The van der Waals surface area contributed by atoms with Crippen LogP contribution in [0.2, 0.25) is 0 Å². The van der Waals surface area contributed by atoms with E-state index in [0.717, 1.165) is 0 Å². The van der Waals surface area contributed by atoms with E-state index >= 15 is 0 Å². The van der Waals surface area contributed by atoms with Crippen molar-refractivity contribution in [1.29, 1.82) is 0 Å². The first-order valence-corrected chi connectivity index (χ1v) is 6.32. The second-order valence-corrected chi connectivity index (χ2v) is 5.03. The molecule has 4 rings (SSSR count). The van der Waals surface area contributed by atoms with Crippen LogP contribution in [0, 0.1) is 0 Å². The first kappa shape index (κ1) is 13.8. The summed E-state index contributed by atoms with van der Waals surface area (Å²) in [5, 5.41) is 57.0. The van der Waals surface area contributed by atoms with E-state index in [0.29, 0.717) is 0 Å². The number of aromatic hydroxyl groups is 6. The second kappa shape index (κ2) is 3.93. The zero-order chi connectivity index (χ0) is 17.5. The maximum absolute atomic E-state index is 12.0. The smallest absolute Gasteiger partial charge is 0.294 e. The van der Waals surface area contributed by atoms with Crippen LogP contribution < -0.4 is 10.9 Å². The standard InChI is InChI=1S/C14H6O10/c15-5-3-1-2-4(14(22)23-11(1)9(19)7(5)17)6(16)8(18)10(20)12(2)24-13(3)21/h15-18,21-22H. The van der Waals surface area contributed by atoms with Crippen LogP contribution in [0.5, 0.6) is 34.9 Å². The molecule has 0 saturated carbocycles. The lowest BCUT2D eigenvalue weighted by Crippen LogP contribution is -2.06. The first-order valence-electron chi connectivity index (χ1n) is 6.32. The predicted octanol–water partition coefficient (Wildman–Crippen LogP) is 0.724. The highest BCUT2D eigenvalue weighted by atomic mass is 16.5. The number of phenols is 4. The first-order chi connectivity index (χ1) is 11.3. The molecule has 0 aliphatic rings. The van der Waals surface area contributed by atoms with Crippen molar-refractivity contribution in [2.45, 2.75) is 0 Å². The Morgan fingerprint density at radius 3 is 1.17 bits per heavy atom. The van der Waals surface area contributed by atoms with Crippen LogP contribution in [0.1, 0.15) is 0 Å². The Morgan fingerprint density at radius 1 is 0.500 bits per heavy atom. The summed E-state index contributed by atoms with van der Waals surface area (Å²) in [5.74, 6) is -6.54. The second-order valence-electron chi connectivity index (χ2n) is 5.03. The lowest BCUT2D eigenvalue weighted by atomic mass is 10.0. The predicted molar refractivity (Wildman–Crippen MR) is 77.2 cm³/mol. The Bertz CT molecular complexity index is 1190. The van der Waals surface area contributed by atoms with E-state index in [-0.39, 0.29) is 10.8 Å². The van der Waals surface area contributed by atoms with Crippen LogP contribution >= 0.6 is 0 Å². The molecule has 0 aliphatic heterocycles. The van der Waals surface area contributed by atoms with Gasteiger partial charge in [0.05, 0.1) is 10.8 Å². The molecular formula is C14H6O10. The van der Waals surface area contributed by atoms with Gasteiger partial charge in [0.2, 0.25) is 11.5 Å². The summed E-state index contributed by atoms with van der Waals surface area (Å²) in [7, 11) is 0. The molecule has 0 radical (unpaired) electrons. The molecule has 2 heterocycles. The van der Waals surface area contributed by atoms with Crippen LogP contribution in [0.25, 0.3) is 32.7 Å². The van der Waals surface area contributed by atoms with Gasteiger partial charge in [0.1, 0.15) is 10.8 Å². The van der Waals surface area contributed by atoms with E-state index in [9.17, 15) is 40.2 Å². The topological polar surface area (TPSA) is 182 Å². The minimum atomic E-state index is -1.23. The van der Waals surface area contributed by atoms with Gasteiger partial charge in [-0.15, -0.1) is 0 Å². The number of hydrogen-bond acceptors (Lipinski definition) is 10. The Hall–Kier alpha value is -3.82. The molecule has 10 heteroatoms. The monoisotopic (exact) mass is 334 g/mol. The summed E-state index contributed by atoms with van der Waals surface area (Å²) in [4.78, 5) is 24.1. The van der Waals surface area contributed by atoms with E-state index < -0.39 is 67.7 Å². The average Bonchev–Trinajstić information content (AvgIpc) is 2.54. The van der Waals surface area contributed by atoms with Crippen molar-refractivity contribution >= 4 is 32.7 Å². The van der Waals surface area contributed by atoms with Gasteiger partial charge in [-0.3, -0.25) is 9.59 Å². The molecule has 0 aliphatic carbocycles. The molecule has 0 spiro atoms. The summed E-state index contributed by atoms with van der Waals surface area (Å²) in [5.41, 5.74) is -3.87. The number of phenolic OH excluding ortho intramolecular Hbond substituents is 4.